The molecule has 5 unspecified atom stereocenters. The molecule has 0 spiro atoms. The van der Waals surface area contributed by atoms with Crippen molar-refractivity contribution < 1.29 is 4.21 Å². The quantitative estimate of drug-likeness (QED) is 0.802. The van der Waals surface area contributed by atoms with E-state index in [-0.39, 0.29) is 0 Å². The van der Waals surface area contributed by atoms with Gasteiger partial charge in [-0.1, -0.05) is 20.3 Å². The number of hydrogen-bond donors (Lipinski definition) is 1. The molecule has 3 nitrogen and oxygen atoms in total. The molecule has 0 radical (unpaired) electrons. The van der Waals surface area contributed by atoms with Gasteiger partial charge in [0.2, 0.25) is 0 Å². The maximum absolute atomic E-state index is 11.2. The van der Waals surface area contributed by atoms with E-state index >= 15 is 0 Å². The maximum Gasteiger partial charge on any atom is 0.0246 e. The molecular weight excluding hydrogens is 244 g/mol. The van der Waals surface area contributed by atoms with Gasteiger partial charge in [-0.05, 0) is 26.2 Å². The fraction of sp³-hybridized carbons (Fsp3) is 1.00. The van der Waals surface area contributed by atoms with Gasteiger partial charge in [-0.2, -0.15) is 0 Å². The molecule has 5 atom stereocenters. The van der Waals surface area contributed by atoms with Gasteiger partial charge < -0.3 is 5.32 Å². The molecule has 0 aliphatic carbocycles. The van der Waals surface area contributed by atoms with Crippen LogP contribution in [0.1, 0.15) is 40.5 Å². The number of nitrogens with zero attached hydrogens (tertiary/aromatic N) is 1. The monoisotopic (exact) mass is 274 g/mol. The zero-order chi connectivity index (χ0) is 13.7. The highest BCUT2D eigenvalue weighted by atomic mass is 32.2. The van der Waals surface area contributed by atoms with Gasteiger partial charge >= 0.3 is 0 Å². The SMILES string of the molecule is CCC(C)C1CN(C(C)CCS(C)=O)C(C)CN1. The molecule has 1 N–H and O–H groups in total. The summed E-state index contributed by atoms with van der Waals surface area (Å²) in [7, 11) is -0.663. The van der Waals surface area contributed by atoms with Crippen molar-refractivity contribution in [3.63, 3.8) is 0 Å². The largest absolute Gasteiger partial charge is 0.311 e. The zero-order valence-electron chi connectivity index (χ0n) is 12.6. The van der Waals surface area contributed by atoms with Crippen LogP contribution >= 0.6 is 0 Å². The van der Waals surface area contributed by atoms with Crippen LogP contribution in [0.2, 0.25) is 0 Å². The molecule has 0 amide bonds. The summed E-state index contributed by atoms with van der Waals surface area (Å²) in [6, 6.07) is 1.74. The summed E-state index contributed by atoms with van der Waals surface area (Å²) in [6.45, 7) is 11.4. The van der Waals surface area contributed by atoms with Gasteiger partial charge in [0.1, 0.15) is 0 Å². The van der Waals surface area contributed by atoms with Crippen LogP contribution in [-0.2, 0) is 10.8 Å². The van der Waals surface area contributed by atoms with Crippen LogP contribution in [0.5, 0.6) is 0 Å². The first-order valence-corrected chi connectivity index (χ1v) is 8.97. The Morgan fingerprint density at radius 1 is 1.44 bits per heavy atom. The molecule has 0 aromatic heterocycles. The van der Waals surface area contributed by atoms with Gasteiger partial charge in [0, 0.05) is 54.0 Å². The fourth-order valence-electron chi connectivity index (χ4n) is 2.69. The fourth-order valence-corrected chi connectivity index (χ4v) is 3.37. The van der Waals surface area contributed by atoms with Gasteiger partial charge in [-0.3, -0.25) is 9.11 Å². The summed E-state index contributed by atoms with van der Waals surface area (Å²) in [4.78, 5) is 2.60. The molecule has 0 aromatic rings. The van der Waals surface area contributed by atoms with Crippen LogP contribution in [0.3, 0.4) is 0 Å². The predicted octanol–water partition coefficient (Wildman–Crippen LogP) is 1.85. The third kappa shape index (κ3) is 4.63. The normalized spacial score (nSPS) is 30.9. The highest BCUT2D eigenvalue weighted by Gasteiger charge is 2.30. The molecule has 1 aliphatic heterocycles. The maximum atomic E-state index is 11.2. The summed E-state index contributed by atoms with van der Waals surface area (Å²) in [5, 5.41) is 3.67. The van der Waals surface area contributed by atoms with Crippen molar-refractivity contribution >= 4 is 10.8 Å². The molecule has 0 aromatic carbocycles. The van der Waals surface area contributed by atoms with Gasteiger partial charge in [-0.25, -0.2) is 0 Å². The van der Waals surface area contributed by atoms with Crippen molar-refractivity contribution in [3.05, 3.63) is 0 Å². The van der Waals surface area contributed by atoms with E-state index in [0.29, 0.717) is 18.1 Å². The standard InChI is InChI=1S/C14H30N2OS/c1-6-11(2)14-10-16(13(4)9-15-14)12(3)7-8-18(5)17/h11-15H,6-10H2,1-5H3. The first-order valence-electron chi connectivity index (χ1n) is 7.24. The Morgan fingerprint density at radius 2 is 2.11 bits per heavy atom. The second-order valence-electron chi connectivity index (χ2n) is 5.86. The third-order valence-corrected chi connectivity index (χ3v) is 5.18. The van der Waals surface area contributed by atoms with Gasteiger partial charge in [-0.15, -0.1) is 0 Å². The molecule has 0 bridgehead atoms. The topological polar surface area (TPSA) is 32.3 Å². The van der Waals surface area contributed by atoms with E-state index in [1.807, 2.05) is 0 Å². The second-order valence-corrected chi connectivity index (χ2v) is 7.42. The van der Waals surface area contributed by atoms with Crippen LogP contribution in [0, 0.1) is 5.92 Å². The van der Waals surface area contributed by atoms with Crippen LogP contribution in [0.15, 0.2) is 0 Å². The van der Waals surface area contributed by atoms with Crippen molar-refractivity contribution in [2.75, 3.05) is 25.1 Å². The summed E-state index contributed by atoms with van der Waals surface area (Å²) in [5.74, 6) is 1.55. The minimum absolute atomic E-state index is 0.539. The third-order valence-electron chi connectivity index (χ3n) is 4.37. The highest BCUT2D eigenvalue weighted by molar-refractivity contribution is 7.84. The number of piperazine rings is 1. The molecule has 108 valence electrons. The lowest BCUT2D eigenvalue weighted by atomic mass is 9.94. The number of nitrogens with one attached hydrogen (secondary N) is 1. The minimum Gasteiger partial charge on any atom is -0.311 e. The lowest BCUT2D eigenvalue weighted by Gasteiger charge is -2.44. The molecule has 18 heavy (non-hydrogen) atoms. The number of rotatable bonds is 6. The Kier molecular flexibility index (Phi) is 6.82. The Hall–Kier alpha value is 0.0700. The van der Waals surface area contributed by atoms with E-state index in [4.69, 9.17) is 0 Å². The van der Waals surface area contributed by atoms with Crippen molar-refractivity contribution in [2.24, 2.45) is 5.92 Å². The van der Waals surface area contributed by atoms with E-state index in [9.17, 15) is 4.21 Å². The lowest BCUT2D eigenvalue weighted by Crippen LogP contribution is -2.59. The molecule has 4 heteroatoms. The van der Waals surface area contributed by atoms with Gasteiger partial charge in [0.25, 0.3) is 0 Å². The molecule has 1 heterocycles. The van der Waals surface area contributed by atoms with Crippen molar-refractivity contribution in [1.29, 1.82) is 0 Å². The molecule has 1 fully saturated rings. The van der Waals surface area contributed by atoms with Crippen LogP contribution in [0.4, 0.5) is 0 Å². The lowest BCUT2D eigenvalue weighted by molar-refractivity contribution is 0.0808. The van der Waals surface area contributed by atoms with Crippen molar-refractivity contribution in [1.82, 2.24) is 10.2 Å². The van der Waals surface area contributed by atoms with Gasteiger partial charge in [0.05, 0.1) is 0 Å². The summed E-state index contributed by atoms with van der Waals surface area (Å²) in [5.41, 5.74) is 0. The molecule has 1 rings (SSSR count). The van der Waals surface area contributed by atoms with E-state index < -0.39 is 10.8 Å². The Labute approximate surface area is 115 Å². The summed E-state index contributed by atoms with van der Waals surface area (Å²) in [6.07, 6.45) is 4.07. The van der Waals surface area contributed by atoms with E-state index in [1.165, 1.54) is 6.42 Å². The zero-order valence-corrected chi connectivity index (χ0v) is 13.4. The second kappa shape index (κ2) is 7.61. The van der Waals surface area contributed by atoms with Gasteiger partial charge in [0.15, 0.2) is 0 Å². The first-order chi connectivity index (χ1) is 8.45. The van der Waals surface area contributed by atoms with E-state index in [0.717, 1.165) is 31.2 Å². The van der Waals surface area contributed by atoms with Crippen molar-refractivity contribution in [2.45, 2.75) is 58.7 Å². The van der Waals surface area contributed by atoms with Crippen LogP contribution in [0.25, 0.3) is 0 Å². The van der Waals surface area contributed by atoms with Crippen LogP contribution in [-0.4, -0.2) is 52.3 Å². The summed E-state index contributed by atoms with van der Waals surface area (Å²) < 4.78 is 11.2. The Bertz CT molecular complexity index is 273. The van der Waals surface area contributed by atoms with Crippen LogP contribution < -0.4 is 5.32 Å². The molecular formula is C14H30N2OS. The van der Waals surface area contributed by atoms with Crippen molar-refractivity contribution in [3.8, 4) is 0 Å². The minimum atomic E-state index is -0.663. The summed E-state index contributed by atoms with van der Waals surface area (Å²) >= 11 is 0. The smallest absolute Gasteiger partial charge is 0.0246 e. The number of hydrogen-bond acceptors (Lipinski definition) is 3. The average molecular weight is 274 g/mol. The van der Waals surface area contributed by atoms with E-state index in [2.05, 4.69) is 37.9 Å². The first kappa shape index (κ1) is 16.1. The predicted molar refractivity (Wildman–Crippen MR) is 80.4 cm³/mol. The average Bonchev–Trinajstić information content (AvgIpc) is 2.35. The highest BCUT2D eigenvalue weighted by Crippen LogP contribution is 2.19. The Balaban J connectivity index is 2.53. The van der Waals surface area contributed by atoms with E-state index in [1.54, 1.807) is 6.26 Å². The molecule has 1 saturated heterocycles. The molecule has 1 aliphatic rings. The Morgan fingerprint density at radius 3 is 2.67 bits per heavy atom. The molecule has 0 saturated carbocycles.